The van der Waals surface area contributed by atoms with Gasteiger partial charge in [0.2, 0.25) is 0 Å². The van der Waals surface area contributed by atoms with Crippen molar-refractivity contribution in [1.29, 1.82) is 0 Å². The van der Waals surface area contributed by atoms with Gasteiger partial charge in [0.25, 0.3) is 0 Å². The average molecular weight is 350 g/mol. The summed E-state index contributed by atoms with van der Waals surface area (Å²) in [7, 11) is 3.41. The molecule has 1 amide bonds. The molecule has 1 aromatic rings. The lowest BCUT2D eigenvalue weighted by Gasteiger charge is -2.35. The molecule has 1 aliphatic rings. The van der Waals surface area contributed by atoms with Gasteiger partial charge in [0.15, 0.2) is 0 Å². The molecule has 7 heteroatoms. The molecule has 0 aromatic heterocycles. The van der Waals surface area contributed by atoms with E-state index in [0.29, 0.717) is 25.7 Å². The number of methoxy groups -OCH3 is 1. The molecule has 0 spiro atoms. The third-order valence-corrected chi connectivity index (χ3v) is 4.55. The molecule has 0 saturated carbocycles. The molecular weight excluding hydrogens is 324 g/mol. The third-order valence-electron chi connectivity index (χ3n) is 4.55. The lowest BCUT2D eigenvalue weighted by Crippen LogP contribution is -2.46. The number of benzene rings is 1. The fourth-order valence-corrected chi connectivity index (χ4v) is 2.97. The first-order valence-corrected chi connectivity index (χ1v) is 8.46. The third kappa shape index (κ3) is 5.94. The van der Waals surface area contributed by atoms with Crippen molar-refractivity contribution in [3.8, 4) is 5.75 Å². The minimum atomic E-state index is -0.837. The van der Waals surface area contributed by atoms with Crippen LogP contribution in [0.2, 0.25) is 0 Å². The molecule has 1 saturated heterocycles. The predicted molar refractivity (Wildman–Crippen MR) is 92.9 cm³/mol. The maximum atomic E-state index is 11.3. The number of likely N-dealkylation sites (tertiary alicyclic amines) is 1. The summed E-state index contributed by atoms with van der Waals surface area (Å²) in [5.41, 5.74) is 0.860. The fourth-order valence-electron chi connectivity index (χ4n) is 2.97. The van der Waals surface area contributed by atoms with E-state index in [1.54, 1.807) is 0 Å². The van der Waals surface area contributed by atoms with E-state index in [4.69, 9.17) is 9.84 Å². The molecule has 1 N–H and O–H groups in total. The standard InChI is InChI=1S/C18H26N2O5/c1-19(15-6-8-20(9-7-15)18(22)23)10-11-25-16-5-3-4-14(12-16)13-17(21)24-2/h3-5,12,15H,6-11,13H2,1-2H3,(H,22,23). The summed E-state index contributed by atoms with van der Waals surface area (Å²) < 4.78 is 10.5. The van der Waals surface area contributed by atoms with Crippen LogP contribution >= 0.6 is 0 Å². The van der Waals surface area contributed by atoms with Gasteiger partial charge in [0.1, 0.15) is 12.4 Å². The number of hydrogen-bond acceptors (Lipinski definition) is 5. The van der Waals surface area contributed by atoms with Gasteiger partial charge in [-0.2, -0.15) is 0 Å². The second-order valence-corrected chi connectivity index (χ2v) is 6.23. The minimum Gasteiger partial charge on any atom is -0.492 e. The number of carbonyl (C=O) groups is 2. The van der Waals surface area contributed by atoms with Gasteiger partial charge in [-0.3, -0.25) is 9.69 Å². The van der Waals surface area contributed by atoms with Crippen molar-refractivity contribution in [2.45, 2.75) is 25.3 Å². The molecule has 0 bridgehead atoms. The Hall–Kier alpha value is -2.28. The predicted octanol–water partition coefficient (Wildman–Crippen LogP) is 1.86. The molecule has 0 radical (unpaired) electrons. The minimum absolute atomic E-state index is 0.232. The van der Waals surface area contributed by atoms with Crippen LogP contribution in [0.25, 0.3) is 0 Å². The smallest absolute Gasteiger partial charge is 0.407 e. The van der Waals surface area contributed by atoms with Gasteiger partial charge in [-0.15, -0.1) is 0 Å². The van der Waals surface area contributed by atoms with E-state index in [0.717, 1.165) is 30.7 Å². The first-order chi connectivity index (χ1) is 12.0. The van der Waals surface area contributed by atoms with Gasteiger partial charge in [-0.05, 0) is 37.6 Å². The topological polar surface area (TPSA) is 79.3 Å². The summed E-state index contributed by atoms with van der Waals surface area (Å²) in [6.45, 7) is 2.47. The molecule has 1 aliphatic heterocycles. The van der Waals surface area contributed by atoms with Gasteiger partial charge >= 0.3 is 12.1 Å². The zero-order chi connectivity index (χ0) is 18.2. The van der Waals surface area contributed by atoms with Gasteiger partial charge in [0, 0.05) is 25.7 Å². The van der Waals surface area contributed by atoms with Crippen LogP contribution in [0.5, 0.6) is 5.75 Å². The van der Waals surface area contributed by atoms with Crippen molar-refractivity contribution in [2.24, 2.45) is 0 Å². The molecule has 0 atom stereocenters. The number of amides is 1. The normalized spacial score (nSPS) is 15.2. The van der Waals surface area contributed by atoms with Crippen LogP contribution in [0.4, 0.5) is 4.79 Å². The van der Waals surface area contributed by atoms with Crippen molar-refractivity contribution in [2.75, 3.05) is 40.4 Å². The molecule has 2 rings (SSSR count). The first kappa shape index (κ1) is 19.1. The monoisotopic (exact) mass is 350 g/mol. The number of esters is 1. The Morgan fingerprint density at radius 2 is 2.04 bits per heavy atom. The average Bonchev–Trinajstić information content (AvgIpc) is 2.62. The second-order valence-electron chi connectivity index (χ2n) is 6.23. The molecule has 1 fully saturated rings. The number of carboxylic acid groups (broad SMARTS) is 1. The molecular formula is C18H26N2O5. The fraction of sp³-hybridized carbons (Fsp3) is 0.556. The summed E-state index contributed by atoms with van der Waals surface area (Å²) in [4.78, 5) is 25.9. The largest absolute Gasteiger partial charge is 0.492 e. The highest BCUT2D eigenvalue weighted by molar-refractivity contribution is 5.72. The van der Waals surface area contributed by atoms with E-state index in [9.17, 15) is 9.59 Å². The van der Waals surface area contributed by atoms with E-state index >= 15 is 0 Å². The van der Waals surface area contributed by atoms with Gasteiger partial charge in [-0.25, -0.2) is 4.79 Å². The van der Waals surface area contributed by atoms with Gasteiger partial charge < -0.3 is 19.5 Å². The highest BCUT2D eigenvalue weighted by Crippen LogP contribution is 2.17. The van der Waals surface area contributed by atoms with Crippen LogP contribution in [0.1, 0.15) is 18.4 Å². The number of rotatable bonds is 7. The summed E-state index contributed by atoms with van der Waals surface area (Å²) in [5.74, 6) is 0.458. The number of ether oxygens (including phenoxy) is 2. The zero-order valence-corrected chi connectivity index (χ0v) is 14.8. The van der Waals surface area contributed by atoms with Crippen LogP contribution in [-0.2, 0) is 16.0 Å². The van der Waals surface area contributed by atoms with Crippen molar-refractivity contribution in [3.05, 3.63) is 29.8 Å². The number of hydrogen-bond donors (Lipinski definition) is 1. The summed E-state index contributed by atoms with van der Waals surface area (Å²) >= 11 is 0. The lowest BCUT2D eigenvalue weighted by atomic mass is 10.0. The second kappa shape index (κ2) is 9.27. The number of piperidine rings is 1. The number of likely N-dealkylation sites (N-methyl/N-ethyl adjacent to an activating group) is 1. The Balaban J connectivity index is 1.74. The maximum Gasteiger partial charge on any atom is 0.407 e. The van der Waals surface area contributed by atoms with Crippen LogP contribution < -0.4 is 4.74 Å². The Bertz CT molecular complexity index is 585. The Morgan fingerprint density at radius 3 is 2.68 bits per heavy atom. The van der Waals surface area contributed by atoms with Crippen LogP contribution in [0.3, 0.4) is 0 Å². The highest BCUT2D eigenvalue weighted by atomic mass is 16.5. The van der Waals surface area contributed by atoms with E-state index < -0.39 is 6.09 Å². The van der Waals surface area contributed by atoms with Gasteiger partial charge in [-0.1, -0.05) is 12.1 Å². The van der Waals surface area contributed by atoms with E-state index in [1.807, 2.05) is 31.3 Å². The Morgan fingerprint density at radius 1 is 1.32 bits per heavy atom. The van der Waals surface area contributed by atoms with Crippen molar-refractivity contribution in [1.82, 2.24) is 9.80 Å². The Labute approximate surface area is 148 Å². The van der Waals surface area contributed by atoms with Crippen LogP contribution in [0.15, 0.2) is 24.3 Å². The van der Waals surface area contributed by atoms with Gasteiger partial charge in [0.05, 0.1) is 13.5 Å². The van der Waals surface area contributed by atoms with Crippen molar-refractivity contribution < 1.29 is 24.2 Å². The van der Waals surface area contributed by atoms with Crippen LogP contribution in [-0.4, -0.2) is 73.4 Å². The van der Waals surface area contributed by atoms with E-state index in [2.05, 4.69) is 9.64 Å². The molecule has 7 nitrogen and oxygen atoms in total. The van der Waals surface area contributed by atoms with Crippen molar-refractivity contribution in [3.63, 3.8) is 0 Å². The number of carbonyl (C=O) groups excluding carboxylic acids is 1. The SMILES string of the molecule is COC(=O)Cc1cccc(OCCN(C)C2CCN(C(=O)O)CC2)c1. The summed E-state index contributed by atoms with van der Waals surface area (Å²) in [6, 6.07) is 7.82. The summed E-state index contributed by atoms with van der Waals surface area (Å²) in [5, 5.41) is 8.99. The highest BCUT2D eigenvalue weighted by Gasteiger charge is 2.24. The van der Waals surface area contributed by atoms with E-state index in [-0.39, 0.29) is 12.4 Å². The maximum absolute atomic E-state index is 11.3. The number of nitrogens with zero attached hydrogens (tertiary/aromatic N) is 2. The van der Waals surface area contributed by atoms with Crippen LogP contribution in [0, 0.1) is 0 Å². The molecule has 0 aliphatic carbocycles. The molecule has 138 valence electrons. The quantitative estimate of drug-likeness (QED) is 0.756. The lowest BCUT2D eigenvalue weighted by molar-refractivity contribution is -0.139. The molecule has 0 unspecified atom stereocenters. The molecule has 1 heterocycles. The summed E-state index contributed by atoms with van der Waals surface area (Å²) in [6.07, 6.45) is 1.08. The zero-order valence-electron chi connectivity index (χ0n) is 14.8. The first-order valence-electron chi connectivity index (χ1n) is 8.46. The van der Waals surface area contributed by atoms with E-state index in [1.165, 1.54) is 12.0 Å². The molecule has 25 heavy (non-hydrogen) atoms. The molecule has 1 aromatic carbocycles. The van der Waals surface area contributed by atoms with Crippen molar-refractivity contribution >= 4 is 12.1 Å². The Kier molecular flexibility index (Phi) is 7.06.